The molecule has 2 atom stereocenters. The van der Waals surface area contributed by atoms with Crippen molar-refractivity contribution < 1.29 is 4.79 Å². The number of carbonyl (C=O) groups is 1. The standard InChI is InChI=1S/C20H30N2O/c1-5-6-14-22-19(16(3)17(4)20(22)23)21-15(2)12-13-18-10-8-7-9-11-18/h7-11,15,19,21H,5-6,12-14H2,1-4H3/t15-,19-/m1/s1. The molecule has 0 unspecified atom stereocenters. The van der Waals surface area contributed by atoms with E-state index in [0.717, 1.165) is 37.8 Å². The lowest BCUT2D eigenvalue weighted by Crippen LogP contribution is -2.48. The number of hydrogen-bond acceptors (Lipinski definition) is 2. The molecule has 1 aliphatic rings. The van der Waals surface area contributed by atoms with Gasteiger partial charge in [-0.15, -0.1) is 0 Å². The summed E-state index contributed by atoms with van der Waals surface area (Å²) in [5, 5.41) is 3.67. The van der Waals surface area contributed by atoms with Crippen molar-refractivity contribution >= 4 is 5.91 Å². The fourth-order valence-corrected chi connectivity index (χ4v) is 3.09. The second kappa shape index (κ2) is 8.30. The van der Waals surface area contributed by atoms with E-state index in [1.807, 2.05) is 11.8 Å². The van der Waals surface area contributed by atoms with Crippen LogP contribution in [0.15, 0.2) is 41.5 Å². The summed E-state index contributed by atoms with van der Waals surface area (Å²) in [7, 11) is 0. The highest BCUT2D eigenvalue weighted by Crippen LogP contribution is 2.25. The van der Waals surface area contributed by atoms with E-state index in [1.54, 1.807) is 0 Å². The van der Waals surface area contributed by atoms with Crippen molar-refractivity contribution in [2.45, 2.75) is 65.6 Å². The molecule has 3 heteroatoms. The van der Waals surface area contributed by atoms with Gasteiger partial charge in [0.25, 0.3) is 5.91 Å². The van der Waals surface area contributed by atoms with Crippen LogP contribution in [0, 0.1) is 0 Å². The molecule has 1 aliphatic heterocycles. The molecule has 0 radical (unpaired) electrons. The minimum atomic E-state index is 0.0693. The Kier molecular flexibility index (Phi) is 6.40. The predicted molar refractivity (Wildman–Crippen MR) is 96.1 cm³/mol. The van der Waals surface area contributed by atoms with Crippen LogP contribution in [0.25, 0.3) is 0 Å². The summed E-state index contributed by atoms with van der Waals surface area (Å²) in [6.07, 6.45) is 4.37. The van der Waals surface area contributed by atoms with Gasteiger partial charge in [-0.25, -0.2) is 0 Å². The van der Waals surface area contributed by atoms with Crippen molar-refractivity contribution in [2.24, 2.45) is 0 Å². The Balaban J connectivity index is 1.94. The summed E-state index contributed by atoms with van der Waals surface area (Å²) in [6.45, 7) is 9.26. The maximum atomic E-state index is 12.4. The molecule has 0 spiro atoms. The van der Waals surface area contributed by atoms with Crippen molar-refractivity contribution in [2.75, 3.05) is 6.54 Å². The van der Waals surface area contributed by atoms with Crippen LogP contribution in [-0.4, -0.2) is 29.6 Å². The minimum absolute atomic E-state index is 0.0693. The first kappa shape index (κ1) is 17.7. The van der Waals surface area contributed by atoms with Crippen molar-refractivity contribution in [1.29, 1.82) is 0 Å². The van der Waals surface area contributed by atoms with Crippen LogP contribution < -0.4 is 5.32 Å². The number of benzene rings is 1. The summed E-state index contributed by atoms with van der Waals surface area (Å²) in [5.74, 6) is 0.198. The van der Waals surface area contributed by atoms with Gasteiger partial charge in [-0.1, -0.05) is 43.7 Å². The number of nitrogens with one attached hydrogen (secondary N) is 1. The fourth-order valence-electron chi connectivity index (χ4n) is 3.09. The van der Waals surface area contributed by atoms with E-state index in [9.17, 15) is 4.79 Å². The van der Waals surface area contributed by atoms with E-state index in [-0.39, 0.29) is 12.1 Å². The molecular weight excluding hydrogens is 284 g/mol. The summed E-state index contributed by atoms with van der Waals surface area (Å²) in [6, 6.07) is 11.0. The van der Waals surface area contributed by atoms with Gasteiger partial charge in [0.1, 0.15) is 6.17 Å². The average molecular weight is 314 g/mol. The lowest BCUT2D eigenvalue weighted by molar-refractivity contribution is -0.127. The Labute approximate surface area is 140 Å². The fraction of sp³-hybridized carbons (Fsp3) is 0.550. The zero-order chi connectivity index (χ0) is 16.8. The monoisotopic (exact) mass is 314 g/mol. The number of carbonyl (C=O) groups excluding carboxylic acids is 1. The van der Waals surface area contributed by atoms with Crippen molar-refractivity contribution in [1.82, 2.24) is 10.2 Å². The predicted octanol–water partition coefficient (Wildman–Crippen LogP) is 3.90. The van der Waals surface area contributed by atoms with E-state index < -0.39 is 0 Å². The number of amides is 1. The second-order valence-corrected chi connectivity index (χ2v) is 6.65. The van der Waals surface area contributed by atoms with E-state index in [2.05, 4.69) is 56.4 Å². The molecule has 0 saturated heterocycles. The maximum Gasteiger partial charge on any atom is 0.251 e. The molecule has 0 saturated carbocycles. The molecule has 23 heavy (non-hydrogen) atoms. The highest BCUT2D eigenvalue weighted by molar-refractivity contribution is 5.96. The zero-order valence-corrected chi connectivity index (χ0v) is 14.9. The van der Waals surface area contributed by atoms with Gasteiger partial charge in [-0.05, 0) is 51.2 Å². The summed E-state index contributed by atoms with van der Waals surface area (Å²) >= 11 is 0. The van der Waals surface area contributed by atoms with E-state index in [1.165, 1.54) is 11.1 Å². The average Bonchev–Trinajstić information content (AvgIpc) is 2.76. The summed E-state index contributed by atoms with van der Waals surface area (Å²) in [4.78, 5) is 14.4. The van der Waals surface area contributed by atoms with Gasteiger partial charge in [0.15, 0.2) is 0 Å². The second-order valence-electron chi connectivity index (χ2n) is 6.65. The van der Waals surface area contributed by atoms with Crippen LogP contribution in [0.2, 0.25) is 0 Å². The van der Waals surface area contributed by atoms with Crippen LogP contribution in [0.3, 0.4) is 0 Å². The molecule has 1 amide bonds. The van der Waals surface area contributed by atoms with Crippen LogP contribution in [0.1, 0.15) is 52.5 Å². The van der Waals surface area contributed by atoms with Gasteiger partial charge in [0.05, 0.1) is 0 Å². The molecule has 0 fully saturated rings. The molecule has 1 aromatic rings. The number of rotatable bonds is 8. The van der Waals surface area contributed by atoms with Gasteiger partial charge in [0, 0.05) is 18.2 Å². The van der Waals surface area contributed by atoms with E-state index >= 15 is 0 Å². The molecule has 2 rings (SSSR count). The van der Waals surface area contributed by atoms with Gasteiger partial charge in [-0.2, -0.15) is 0 Å². The maximum absolute atomic E-state index is 12.4. The lowest BCUT2D eigenvalue weighted by Gasteiger charge is -2.30. The van der Waals surface area contributed by atoms with Crippen LogP contribution in [0.4, 0.5) is 0 Å². The zero-order valence-electron chi connectivity index (χ0n) is 14.9. The van der Waals surface area contributed by atoms with Crippen LogP contribution in [0.5, 0.6) is 0 Å². The first-order valence-corrected chi connectivity index (χ1v) is 8.83. The van der Waals surface area contributed by atoms with Crippen LogP contribution in [-0.2, 0) is 11.2 Å². The SMILES string of the molecule is CCCCN1C(=O)C(C)=C(C)[C@@H]1N[C@H](C)CCc1ccccc1. The molecule has 1 heterocycles. The van der Waals surface area contributed by atoms with Crippen LogP contribution >= 0.6 is 0 Å². The Morgan fingerprint density at radius 2 is 1.91 bits per heavy atom. The third-order valence-electron chi connectivity index (χ3n) is 4.80. The Morgan fingerprint density at radius 1 is 1.22 bits per heavy atom. The molecular formula is C20H30N2O. The Hall–Kier alpha value is -1.61. The quantitative estimate of drug-likeness (QED) is 0.789. The largest absolute Gasteiger partial charge is 0.319 e. The van der Waals surface area contributed by atoms with Crippen molar-refractivity contribution in [3.05, 3.63) is 47.0 Å². The van der Waals surface area contributed by atoms with Crippen molar-refractivity contribution in [3.63, 3.8) is 0 Å². The van der Waals surface area contributed by atoms with Gasteiger partial charge < -0.3 is 4.90 Å². The third-order valence-corrected chi connectivity index (χ3v) is 4.80. The first-order chi connectivity index (χ1) is 11.0. The Morgan fingerprint density at radius 3 is 2.57 bits per heavy atom. The Bertz CT molecular complexity index is 550. The smallest absolute Gasteiger partial charge is 0.251 e. The molecule has 0 aliphatic carbocycles. The topological polar surface area (TPSA) is 32.3 Å². The molecule has 1 N–H and O–H groups in total. The van der Waals surface area contributed by atoms with E-state index in [0.29, 0.717) is 6.04 Å². The molecule has 126 valence electrons. The third kappa shape index (κ3) is 4.44. The highest BCUT2D eigenvalue weighted by atomic mass is 16.2. The van der Waals surface area contributed by atoms with Gasteiger partial charge in [0.2, 0.25) is 0 Å². The first-order valence-electron chi connectivity index (χ1n) is 8.83. The molecule has 0 aromatic heterocycles. The molecule has 1 aromatic carbocycles. The molecule has 3 nitrogen and oxygen atoms in total. The normalized spacial score (nSPS) is 19.6. The van der Waals surface area contributed by atoms with Crippen molar-refractivity contribution in [3.8, 4) is 0 Å². The molecule has 0 bridgehead atoms. The highest BCUT2D eigenvalue weighted by Gasteiger charge is 2.34. The summed E-state index contributed by atoms with van der Waals surface area (Å²) < 4.78 is 0. The summed E-state index contributed by atoms with van der Waals surface area (Å²) in [5.41, 5.74) is 3.46. The minimum Gasteiger partial charge on any atom is -0.319 e. The number of aryl methyl sites for hydroxylation is 1. The lowest BCUT2D eigenvalue weighted by atomic mass is 10.1. The van der Waals surface area contributed by atoms with Gasteiger partial charge in [-0.3, -0.25) is 10.1 Å². The number of hydrogen-bond donors (Lipinski definition) is 1. The number of nitrogens with zero attached hydrogens (tertiary/aromatic N) is 1. The number of unbranched alkanes of at least 4 members (excludes halogenated alkanes) is 1. The van der Waals surface area contributed by atoms with E-state index in [4.69, 9.17) is 0 Å². The van der Waals surface area contributed by atoms with Gasteiger partial charge >= 0.3 is 0 Å².